The first-order valence-corrected chi connectivity index (χ1v) is 7.00. The molecule has 2 N–H and O–H groups in total. The van der Waals surface area contributed by atoms with Gasteiger partial charge in [0.05, 0.1) is 5.92 Å². The topological polar surface area (TPSA) is 46.3 Å². The minimum absolute atomic E-state index is 0. The number of amides is 1. The van der Waals surface area contributed by atoms with Gasteiger partial charge < -0.3 is 10.6 Å². The number of nitrogens with zero attached hydrogens (tertiary/aromatic N) is 1. The maximum absolute atomic E-state index is 12.4. The molecule has 1 aromatic carbocycles. The number of hydrogen-bond acceptors (Lipinski definition) is 3. The molecule has 3 nitrogen and oxygen atoms in total. The number of thioether (sulfide) groups is 1. The van der Waals surface area contributed by atoms with Crippen molar-refractivity contribution in [1.82, 2.24) is 4.90 Å². The summed E-state index contributed by atoms with van der Waals surface area (Å²) in [5.74, 6) is 1.18. The number of benzene rings is 1. The molecular weight excluding hydrogens is 268 g/mol. The number of rotatable bonds is 1. The van der Waals surface area contributed by atoms with Gasteiger partial charge in [0.25, 0.3) is 0 Å². The molecule has 1 saturated heterocycles. The lowest BCUT2D eigenvalue weighted by Gasteiger charge is -2.20. The zero-order valence-electron chi connectivity index (χ0n) is 10.0. The number of hydrogen-bond donors (Lipinski definition) is 1. The number of likely N-dealkylation sites (tertiary alicyclic amines) is 1. The van der Waals surface area contributed by atoms with Crippen molar-refractivity contribution in [3.8, 4) is 0 Å². The number of carbonyl (C=O) groups excluding carboxylic acids is 1. The highest BCUT2D eigenvalue weighted by atomic mass is 35.5. The maximum Gasteiger partial charge on any atom is 0.231 e. The monoisotopic (exact) mass is 284 g/mol. The predicted octanol–water partition coefficient (Wildman–Crippen LogP) is 1.86. The van der Waals surface area contributed by atoms with Crippen LogP contribution in [-0.4, -0.2) is 35.7 Å². The van der Waals surface area contributed by atoms with Gasteiger partial charge in [-0.3, -0.25) is 4.79 Å². The molecule has 2 aliphatic rings. The molecule has 0 saturated carbocycles. The van der Waals surface area contributed by atoms with Crippen molar-refractivity contribution in [2.75, 3.05) is 18.8 Å². The summed E-state index contributed by atoms with van der Waals surface area (Å²) in [6, 6.07) is 8.39. The number of fused-ring (bicyclic) bond motifs is 1. The normalized spacial score (nSPS) is 25.7. The quantitative estimate of drug-likeness (QED) is 0.856. The lowest BCUT2D eigenvalue weighted by molar-refractivity contribution is -0.131. The van der Waals surface area contributed by atoms with Gasteiger partial charge in [-0.25, -0.2) is 0 Å². The van der Waals surface area contributed by atoms with Gasteiger partial charge in [0.1, 0.15) is 0 Å². The first kappa shape index (κ1) is 13.7. The summed E-state index contributed by atoms with van der Waals surface area (Å²) < 4.78 is 0. The number of halogens is 1. The molecule has 0 aliphatic carbocycles. The minimum atomic E-state index is 0. The first-order chi connectivity index (χ1) is 8.25. The van der Waals surface area contributed by atoms with Crippen LogP contribution >= 0.6 is 24.2 Å². The fourth-order valence-corrected chi connectivity index (χ4v) is 3.80. The van der Waals surface area contributed by atoms with Crippen molar-refractivity contribution in [1.29, 1.82) is 0 Å². The van der Waals surface area contributed by atoms with E-state index in [1.165, 1.54) is 10.5 Å². The highest BCUT2D eigenvalue weighted by Gasteiger charge is 2.34. The van der Waals surface area contributed by atoms with E-state index >= 15 is 0 Å². The maximum atomic E-state index is 12.4. The Morgan fingerprint density at radius 3 is 2.89 bits per heavy atom. The highest BCUT2D eigenvalue weighted by Crippen LogP contribution is 2.40. The Labute approximate surface area is 118 Å². The van der Waals surface area contributed by atoms with Gasteiger partial charge in [-0.2, -0.15) is 0 Å². The Morgan fingerprint density at radius 1 is 1.39 bits per heavy atom. The van der Waals surface area contributed by atoms with E-state index in [1.54, 1.807) is 11.8 Å². The summed E-state index contributed by atoms with van der Waals surface area (Å²) in [5, 5.41) is 0. The van der Waals surface area contributed by atoms with Crippen LogP contribution in [0.5, 0.6) is 0 Å². The molecule has 2 heterocycles. The zero-order valence-corrected chi connectivity index (χ0v) is 11.7. The van der Waals surface area contributed by atoms with E-state index in [0.717, 1.165) is 25.3 Å². The van der Waals surface area contributed by atoms with Crippen molar-refractivity contribution in [2.24, 2.45) is 5.73 Å². The average Bonchev–Trinajstić information content (AvgIpc) is 2.94. The Morgan fingerprint density at radius 2 is 2.17 bits per heavy atom. The van der Waals surface area contributed by atoms with Gasteiger partial charge in [-0.15, -0.1) is 24.2 Å². The van der Waals surface area contributed by atoms with Gasteiger partial charge >= 0.3 is 0 Å². The predicted molar refractivity (Wildman–Crippen MR) is 76.3 cm³/mol. The van der Waals surface area contributed by atoms with Gasteiger partial charge in [-0.05, 0) is 18.1 Å². The summed E-state index contributed by atoms with van der Waals surface area (Å²) in [5.41, 5.74) is 7.05. The first-order valence-electron chi connectivity index (χ1n) is 6.02. The Kier molecular flexibility index (Phi) is 4.20. The molecule has 18 heavy (non-hydrogen) atoms. The molecule has 3 rings (SSSR count). The molecule has 1 amide bonds. The van der Waals surface area contributed by atoms with E-state index in [4.69, 9.17) is 5.73 Å². The molecule has 0 radical (unpaired) electrons. The van der Waals surface area contributed by atoms with Crippen LogP contribution < -0.4 is 5.73 Å². The van der Waals surface area contributed by atoms with Crippen LogP contribution in [0.2, 0.25) is 0 Å². The third kappa shape index (κ3) is 2.37. The minimum Gasteiger partial charge on any atom is -0.341 e. The lowest BCUT2D eigenvalue weighted by Crippen LogP contribution is -2.35. The summed E-state index contributed by atoms with van der Waals surface area (Å²) in [7, 11) is 0. The van der Waals surface area contributed by atoms with E-state index in [2.05, 4.69) is 12.1 Å². The van der Waals surface area contributed by atoms with Crippen LogP contribution in [-0.2, 0) is 4.79 Å². The molecule has 0 bridgehead atoms. The van der Waals surface area contributed by atoms with Gasteiger partial charge in [0, 0.05) is 29.8 Å². The van der Waals surface area contributed by atoms with E-state index in [1.807, 2.05) is 17.0 Å². The molecule has 0 aromatic heterocycles. The van der Waals surface area contributed by atoms with E-state index < -0.39 is 0 Å². The highest BCUT2D eigenvalue weighted by molar-refractivity contribution is 7.99. The molecule has 2 aliphatic heterocycles. The summed E-state index contributed by atoms with van der Waals surface area (Å²) in [6.45, 7) is 1.55. The van der Waals surface area contributed by atoms with Crippen molar-refractivity contribution in [2.45, 2.75) is 23.3 Å². The summed E-state index contributed by atoms with van der Waals surface area (Å²) in [4.78, 5) is 15.6. The second-order valence-electron chi connectivity index (χ2n) is 4.73. The number of carbonyl (C=O) groups is 1. The Balaban J connectivity index is 0.00000120. The molecule has 98 valence electrons. The lowest BCUT2D eigenvalue weighted by atomic mass is 10.00. The van der Waals surface area contributed by atoms with Gasteiger partial charge in [0.2, 0.25) is 5.91 Å². The van der Waals surface area contributed by atoms with Gasteiger partial charge in [0.15, 0.2) is 0 Å². The zero-order chi connectivity index (χ0) is 11.8. The van der Waals surface area contributed by atoms with Crippen LogP contribution in [0.15, 0.2) is 29.2 Å². The smallest absolute Gasteiger partial charge is 0.231 e. The largest absolute Gasteiger partial charge is 0.341 e. The average molecular weight is 285 g/mol. The molecular formula is C13H17ClN2OS. The van der Waals surface area contributed by atoms with E-state index in [-0.39, 0.29) is 30.3 Å². The number of nitrogens with two attached hydrogens (primary N) is 1. The standard InChI is InChI=1S/C13H16N2OS.ClH/c14-9-5-6-15(7-9)13(16)11-8-17-12-4-2-1-3-10(11)12;/h1-4,9,11H,5-8,14H2;1H. The van der Waals surface area contributed by atoms with E-state index in [0.29, 0.717) is 0 Å². The molecule has 2 unspecified atom stereocenters. The fourth-order valence-electron chi connectivity index (χ4n) is 2.57. The van der Waals surface area contributed by atoms with Crippen LogP contribution in [0, 0.1) is 0 Å². The van der Waals surface area contributed by atoms with Crippen molar-refractivity contribution < 1.29 is 4.79 Å². The summed E-state index contributed by atoms with van der Waals surface area (Å²) in [6.07, 6.45) is 0.938. The Hall–Kier alpha value is -0.710. The summed E-state index contributed by atoms with van der Waals surface area (Å²) >= 11 is 1.79. The van der Waals surface area contributed by atoms with Crippen LogP contribution in [0.25, 0.3) is 0 Å². The molecule has 5 heteroatoms. The van der Waals surface area contributed by atoms with Gasteiger partial charge in [-0.1, -0.05) is 18.2 Å². The molecule has 0 spiro atoms. The third-order valence-electron chi connectivity index (χ3n) is 3.53. The Bertz CT molecular complexity index is 454. The van der Waals surface area contributed by atoms with Crippen molar-refractivity contribution in [3.63, 3.8) is 0 Å². The molecule has 1 aromatic rings. The van der Waals surface area contributed by atoms with Crippen molar-refractivity contribution >= 4 is 30.1 Å². The van der Waals surface area contributed by atoms with Crippen LogP contribution in [0.1, 0.15) is 17.9 Å². The fraction of sp³-hybridized carbons (Fsp3) is 0.462. The van der Waals surface area contributed by atoms with Crippen molar-refractivity contribution in [3.05, 3.63) is 29.8 Å². The molecule has 1 fully saturated rings. The second-order valence-corrected chi connectivity index (χ2v) is 5.80. The molecule has 2 atom stereocenters. The van der Waals surface area contributed by atoms with E-state index in [9.17, 15) is 4.79 Å². The third-order valence-corrected chi connectivity index (χ3v) is 4.72. The SMILES string of the molecule is Cl.NC1CCN(C(=O)C2CSc3ccccc32)C1. The van der Waals surface area contributed by atoms with Crippen LogP contribution in [0.3, 0.4) is 0 Å². The second kappa shape index (κ2) is 5.51. The van der Waals surface area contributed by atoms with Crippen LogP contribution in [0.4, 0.5) is 0 Å².